The topological polar surface area (TPSA) is 46.2 Å². The van der Waals surface area contributed by atoms with Gasteiger partial charge in [0.15, 0.2) is 0 Å². The third kappa shape index (κ3) is 6.71. The van der Waals surface area contributed by atoms with Gasteiger partial charge < -0.3 is 10.8 Å². The molecule has 0 fully saturated rings. The highest BCUT2D eigenvalue weighted by molar-refractivity contribution is 5.23. The average Bonchev–Trinajstić information content (AvgIpc) is 2.07. The predicted octanol–water partition coefficient (Wildman–Crippen LogP) is 2.50. The molecule has 0 amide bonds. The van der Waals surface area contributed by atoms with Gasteiger partial charge >= 0.3 is 0 Å². The van der Waals surface area contributed by atoms with Crippen molar-refractivity contribution in [3.05, 3.63) is 36.3 Å². The molecule has 0 aliphatic carbocycles. The first-order valence-corrected chi connectivity index (χ1v) is 3.66. The summed E-state index contributed by atoms with van der Waals surface area (Å²) in [4.78, 5) is 0. The zero-order valence-corrected chi connectivity index (χ0v) is 7.46. The summed E-state index contributed by atoms with van der Waals surface area (Å²) in [6, 6.07) is 0. The van der Waals surface area contributed by atoms with Crippen LogP contribution in [0.1, 0.15) is 20.8 Å². The SMILES string of the molecule is C=C/C=C(O)\C(N)=C/C.CC. The summed E-state index contributed by atoms with van der Waals surface area (Å²) >= 11 is 0. The number of hydrogen-bond acceptors (Lipinski definition) is 2. The maximum atomic E-state index is 8.91. The highest BCUT2D eigenvalue weighted by Gasteiger charge is 1.90. The first kappa shape index (κ1) is 12.5. The van der Waals surface area contributed by atoms with Gasteiger partial charge in [0.1, 0.15) is 5.76 Å². The molecular weight excluding hydrogens is 138 g/mol. The van der Waals surface area contributed by atoms with Gasteiger partial charge in [-0.25, -0.2) is 0 Å². The Morgan fingerprint density at radius 3 is 2.18 bits per heavy atom. The predicted molar refractivity (Wildman–Crippen MR) is 50.2 cm³/mol. The smallest absolute Gasteiger partial charge is 0.138 e. The molecule has 0 aromatic carbocycles. The van der Waals surface area contributed by atoms with Gasteiger partial charge in [0, 0.05) is 0 Å². The minimum absolute atomic E-state index is 0.0625. The molecule has 0 aliphatic rings. The van der Waals surface area contributed by atoms with Gasteiger partial charge in [-0.3, -0.25) is 0 Å². The lowest BCUT2D eigenvalue weighted by molar-refractivity contribution is 0.422. The molecule has 0 radical (unpaired) electrons. The second-order valence-corrected chi connectivity index (χ2v) is 1.53. The van der Waals surface area contributed by atoms with Crippen molar-refractivity contribution in [1.29, 1.82) is 0 Å². The van der Waals surface area contributed by atoms with Crippen LogP contribution < -0.4 is 5.73 Å². The standard InChI is InChI=1S/C7H11NO.C2H6/c1-3-5-7(9)6(8)4-2;1-2/h3-5,9H,1,8H2,2H3;1-2H3/b6-4+,7-5+;. The summed E-state index contributed by atoms with van der Waals surface area (Å²) in [5.74, 6) is 0.0625. The fraction of sp³-hybridized carbons (Fsp3) is 0.333. The van der Waals surface area contributed by atoms with Crippen molar-refractivity contribution in [2.75, 3.05) is 0 Å². The molecule has 0 heterocycles. The van der Waals surface area contributed by atoms with E-state index in [-0.39, 0.29) is 5.76 Å². The van der Waals surface area contributed by atoms with E-state index in [0.717, 1.165) is 0 Å². The molecule has 3 N–H and O–H groups in total. The third-order valence-electron chi connectivity index (χ3n) is 0.882. The number of aliphatic hydroxyl groups excluding tert-OH is 1. The minimum atomic E-state index is 0.0625. The molecule has 0 spiro atoms. The zero-order chi connectivity index (χ0) is 9.28. The van der Waals surface area contributed by atoms with Gasteiger partial charge in [-0.15, -0.1) is 0 Å². The van der Waals surface area contributed by atoms with E-state index < -0.39 is 0 Å². The van der Waals surface area contributed by atoms with E-state index in [9.17, 15) is 0 Å². The molecule has 0 saturated carbocycles. The Bertz CT molecular complexity index is 157. The van der Waals surface area contributed by atoms with Gasteiger partial charge in [-0.2, -0.15) is 0 Å². The molecule has 0 aromatic heterocycles. The Morgan fingerprint density at radius 1 is 1.45 bits per heavy atom. The van der Waals surface area contributed by atoms with Crippen molar-refractivity contribution < 1.29 is 5.11 Å². The molecule has 2 nitrogen and oxygen atoms in total. The van der Waals surface area contributed by atoms with Gasteiger partial charge in [-0.1, -0.05) is 32.6 Å². The van der Waals surface area contributed by atoms with E-state index >= 15 is 0 Å². The second-order valence-electron chi connectivity index (χ2n) is 1.53. The van der Waals surface area contributed by atoms with Crippen LogP contribution in [-0.4, -0.2) is 5.11 Å². The van der Waals surface area contributed by atoms with Crippen LogP contribution in [0.5, 0.6) is 0 Å². The maximum absolute atomic E-state index is 8.91. The Morgan fingerprint density at radius 2 is 1.91 bits per heavy atom. The molecule has 11 heavy (non-hydrogen) atoms. The van der Waals surface area contributed by atoms with Crippen LogP contribution in [0.3, 0.4) is 0 Å². The Kier molecular flexibility index (Phi) is 10.0. The van der Waals surface area contributed by atoms with Gasteiger partial charge in [0.25, 0.3) is 0 Å². The van der Waals surface area contributed by atoms with E-state index in [4.69, 9.17) is 10.8 Å². The van der Waals surface area contributed by atoms with E-state index in [1.54, 1.807) is 13.0 Å². The van der Waals surface area contributed by atoms with Crippen LogP contribution in [0.2, 0.25) is 0 Å². The van der Waals surface area contributed by atoms with Crippen LogP contribution in [-0.2, 0) is 0 Å². The van der Waals surface area contributed by atoms with Gasteiger partial charge in [0.05, 0.1) is 5.70 Å². The van der Waals surface area contributed by atoms with Crippen LogP contribution in [0, 0.1) is 0 Å². The molecular formula is C9H17NO. The summed E-state index contributed by atoms with van der Waals surface area (Å²) in [5.41, 5.74) is 5.67. The number of aliphatic hydroxyl groups is 1. The van der Waals surface area contributed by atoms with Crippen molar-refractivity contribution >= 4 is 0 Å². The molecule has 0 unspecified atom stereocenters. The molecule has 0 bridgehead atoms. The molecule has 0 rings (SSSR count). The van der Waals surface area contributed by atoms with Crippen LogP contribution in [0.4, 0.5) is 0 Å². The molecule has 0 aliphatic heterocycles. The van der Waals surface area contributed by atoms with E-state index in [1.165, 1.54) is 12.2 Å². The lowest BCUT2D eigenvalue weighted by atomic mass is 10.3. The van der Waals surface area contributed by atoms with Crippen LogP contribution in [0.15, 0.2) is 36.3 Å². The van der Waals surface area contributed by atoms with Crippen LogP contribution in [0.25, 0.3) is 0 Å². The van der Waals surface area contributed by atoms with E-state index in [0.29, 0.717) is 5.70 Å². The lowest BCUT2D eigenvalue weighted by Crippen LogP contribution is -1.98. The number of nitrogens with two attached hydrogens (primary N) is 1. The first-order valence-electron chi connectivity index (χ1n) is 3.66. The fourth-order valence-corrected chi connectivity index (χ4v) is 0.356. The molecule has 64 valence electrons. The van der Waals surface area contributed by atoms with Crippen molar-refractivity contribution in [2.24, 2.45) is 5.73 Å². The largest absolute Gasteiger partial charge is 0.506 e. The van der Waals surface area contributed by atoms with Crippen molar-refractivity contribution in [3.8, 4) is 0 Å². The molecule has 0 aromatic rings. The number of hydrogen-bond donors (Lipinski definition) is 2. The van der Waals surface area contributed by atoms with Crippen molar-refractivity contribution in [2.45, 2.75) is 20.8 Å². The third-order valence-corrected chi connectivity index (χ3v) is 0.882. The van der Waals surface area contributed by atoms with Crippen LogP contribution >= 0.6 is 0 Å². The maximum Gasteiger partial charge on any atom is 0.138 e. The summed E-state index contributed by atoms with van der Waals surface area (Å²) in [7, 11) is 0. The molecule has 2 heteroatoms. The summed E-state index contributed by atoms with van der Waals surface area (Å²) in [5, 5.41) is 8.91. The Labute approximate surface area is 68.7 Å². The Hall–Kier alpha value is -1.18. The molecule has 0 saturated heterocycles. The second kappa shape index (κ2) is 8.82. The first-order chi connectivity index (χ1) is 5.22. The summed E-state index contributed by atoms with van der Waals surface area (Å²) in [6.07, 6.45) is 4.54. The summed E-state index contributed by atoms with van der Waals surface area (Å²) in [6.45, 7) is 9.15. The highest BCUT2D eigenvalue weighted by Crippen LogP contribution is 1.97. The minimum Gasteiger partial charge on any atom is -0.506 e. The number of allylic oxidation sites excluding steroid dienone is 3. The normalized spacial score (nSPS) is 11.5. The Balaban J connectivity index is 0. The average molecular weight is 155 g/mol. The van der Waals surface area contributed by atoms with E-state index in [1.807, 2.05) is 13.8 Å². The van der Waals surface area contributed by atoms with Crippen molar-refractivity contribution in [1.82, 2.24) is 0 Å². The van der Waals surface area contributed by atoms with Crippen molar-refractivity contribution in [3.63, 3.8) is 0 Å². The highest BCUT2D eigenvalue weighted by atomic mass is 16.3. The fourth-order valence-electron chi connectivity index (χ4n) is 0.356. The van der Waals surface area contributed by atoms with Gasteiger partial charge in [-0.05, 0) is 13.0 Å². The summed E-state index contributed by atoms with van der Waals surface area (Å²) < 4.78 is 0. The quantitative estimate of drug-likeness (QED) is 0.475. The van der Waals surface area contributed by atoms with E-state index in [2.05, 4.69) is 6.58 Å². The zero-order valence-electron chi connectivity index (χ0n) is 7.46. The van der Waals surface area contributed by atoms with Gasteiger partial charge in [0.2, 0.25) is 0 Å². The molecule has 0 atom stereocenters. The lowest BCUT2D eigenvalue weighted by Gasteiger charge is -1.94. The number of rotatable bonds is 2. The monoisotopic (exact) mass is 155 g/mol.